The van der Waals surface area contributed by atoms with Crippen LogP contribution in [0.2, 0.25) is 0 Å². The molecule has 0 unspecified atom stereocenters. The van der Waals surface area contributed by atoms with E-state index in [2.05, 4.69) is 21.2 Å². The molecule has 2 amide bonds. The molecular formula is C20H23BrN2O4. The number of carbonyl (C=O) groups is 2. The van der Waals surface area contributed by atoms with E-state index in [9.17, 15) is 9.59 Å². The molecule has 6 nitrogen and oxygen atoms in total. The van der Waals surface area contributed by atoms with Gasteiger partial charge in [0.1, 0.15) is 6.61 Å². The molecule has 2 aromatic carbocycles. The molecule has 2 rings (SSSR count). The second-order valence-electron chi connectivity index (χ2n) is 5.83. The van der Waals surface area contributed by atoms with E-state index in [-0.39, 0.29) is 24.8 Å². The number of methoxy groups -OCH3 is 1. The Bertz CT molecular complexity index is 765. The molecule has 0 aliphatic heterocycles. The predicted octanol–water partition coefficient (Wildman–Crippen LogP) is 3.12. The number of rotatable bonds is 9. The van der Waals surface area contributed by atoms with Gasteiger partial charge in [-0.05, 0) is 36.4 Å². The van der Waals surface area contributed by atoms with Crippen LogP contribution in [0.25, 0.3) is 0 Å². The molecule has 0 aromatic heterocycles. The Morgan fingerprint density at radius 3 is 2.41 bits per heavy atom. The molecule has 0 bridgehead atoms. The van der Waals surface area contributed by atoms with Gasteiger partial charge in [-0.25, -0.2) is 0 Å². The number of hydrogen-bond acceptors (Lipinski definition) is 4. The number of hydrogen-bond donors (Lipinski definition) is 1. The van der Waals surface area contributed by atoms with Crippen LogP contribution in [0.4, 0.5) is 0 Å². The van der Waals surface area contributed by atoms with E-state index < -0.39 is 0 Å². The lowest BCUT2D eigenvalue weighted by atomic mass is 10.2. The van der Waals surface area contributed by atoms with Crippen LogP contribution in [0, 0.1) is 0 Å². The summed E-state index contributed by atoms with van der Waals surface area (Å²) in [6.07, 6.45) is 0.230. The van der Waals surface area contributed by atoms with Crippen molar-refractivity contribution in [3.8, 4) is 11.5 Å². The summed E-state index contributed by atoms with van der Waals surface area (Å²) in [6.45, 7) is 1.08. The highest BCUT2D eigenvalue weighted by Gasteiger charge is 2.11. The molecule has 0 aliphatic carbocycles. The fourth-order valence-corrected chi connectivity index (χ4v) is 2.60. The third kappa shape index (κ3) is 6.60. The lowest BCUT2D eigenvalue weighted by Gasteiger charge is -2.18. The zero-order chi connectivity index (χ0) is 19.6. The van der Waals surface area contributed by atoms with E-state index >= 15 is 0 Å². The lowest BCUT2D eigenvalue weighted by molar-refractivity contribution is -0.130. The quantitative estimate of drug-likeness (QED) is 0.658. The first-order chi connectivity index (χ1) is 13.0. The largest absolute Gasteiger partial charge is 0.493 e. The number of benzene rings is 2. The highest BCUT2D eigenvalue weighted by Crippen LogP contribution is 2.25. The number of nitrogens with zero attached hydrogens (tertiary/aromatic N) is 1. The van der Waals surface area contributed by atoms with Crippen molar-refractivity contribution in [2.24, 2.45) is 0 Å². The van der Waals surface area contributed by atoms with E-state index in [4.69, 9.17) is 9.47 Å². The van der Waals surface area contributed by atoms with Gasteiger partial charge in [0, 0.05) is 30.0 Å². The summed E-state index contributed by atoms with van der Waals surface area (Å²) in [5.74, 6) is 1.04. The van der Waals surface area contributed by atoms with Crippen LogP contribution in [0.3, 0.4) is 0 Å². The predicted molar refractivity (Wildman–Crippen MR) is 107 cm³/mol. The van der Waals surface area contributed by atoms with Crippen LogP contribution in [0.1, 0.15) is 16.8 Å². The second kappa shape index (κ2) is 10.6. The first kappa shape index (κ1) is 20.8. The average molecular weight is 435 g/mol. The minimum absolute atomic E-state index is 0.0604. The molecule has 0 spiro atoms. The van der Waals surface area contributed by atoms with Crippen molar-refractivity contribution >= 4 is 27.7 Å². The molecule has 0 saturated heterocycles. The van der Waals surface area contributed by atoms with Crippen LogP contribution in [-0.4, -0.2) is 50.6 Å². The zero-order valence-corrected chi connectivity index (χ0v) is 17.0. The molecule has 27 heavy (non-hydrogen) atoms. The van der Waals surface area contributed by atoms with Gasteiger partial charge in [0.05, 0.1) is 13.7 Å². The van der Waals surface area contributed by atoms with Crippen molar-refractivity contribution in [1.82, 2.24) is 10.2 Å². The molecule has 7 heteroatoms. The summed E-state index contributed by atoms with van der Waals surface area (Å²) in [5.41, 5.74) is 0.559. The van der Waals surface area contributed by atoms with Gasteiger partial charge in [-0.1, -0.05) is 28.1 Å². The fourth-order valence-electron chi connectivity index (χ4n) is 2.33. The first-order valence-corrected chi connectivity index (χ1v) is 9.34. The van der Waals surface area contributed by atoms with E-state index in [1.807, 2.05) is 24.3 Å². The van der Waals surface area contributed by atoms with Crippen molar-refractivity contribution in [1.29, 1.82) is 0 Å². The van der Waals surface area contributed by atoms with Gasteiger partial charge in [-0.15, -0.1) is 0 Å². The van der Waals surface area contributed by atoms with Gasteiger partial charge in [-0.2, -0.15) is 0 Å². The smallest absolute Gasteiger partial charge is 0.251 e. The van der Waals surface area contributed by atoms with Crippen molar-refractivity contribution < 1.29 is 19.1 Å². The summed E-state index contributed by atoms with van der Waals surface area (Å²) in [7, 11) is 3.30. The Morgan fingerprint density at radius 2 is 1.74 bits per heavy atom. The zero-order valence-electron chi connectivity index (χ0n) is 15.4. The summed E-state index contributed by atoms with van der Waals surface area (Å²) in [6, 6.07) is 14.4. The topological polar surface area (TPSA) is 67.9 Å². The third-order valence-electron chi connectivity index (χ3n) is 3.91. The monoisotopic (exact) mass is 434 g/mol. The maximum atomic E-state index is 12.2. The molecule has 0 radical (unpaired) electrons. The normalized spacial score (nSPS) is 10.2. The molecular weight excluding hydrogens is 412 g/mol. The first-order valence-electron chi connectivity index (χ1n) is 8.55. The highest BCUT2D eigenvalue weighted by atomic mass is 79.9. The summed E-state index contributed by atoms with van der Waals surface area (Å²) in [5, 5.41) is 2.75. The highest BCUT2D eigenvalue weighted by molar-refractivity contribution is 9.10. The number of likely N-dealkylation sites (N-methyl/N-ethyl adjacent to an activating group) is 1. The molecule has 0 saturated carbocycles. The number of para-hydroxylation sites is 2. The van der Waals surface area contributed by atoms with Crippen molar-refractivity contribution in [2.45, 2.75) is 6.42 Å². The Labute approximate surface area is 167 Å². The Morgan fingerprint density at radius 1 is 1.07 bits per heavy atom. The number of amides is 2. The maximum Gasteiger partial charge on any atom is 0.251 e. The number of halogens is 1. The average Bonchev–Trinajstić information content (AvgIpc) is 2.68. The van der Waals surface area contributed by atoms with Gasteiger partial charge in [-0.3, -0.25) is 9.59 Å². The van der Waals surface area contributed by atoms with Gasteiger partial charge in [0.2, 0.25) is 5.91 Å². The summed E-state index contributed by atoms with van der Waals surface area (Å²) >= 11 is 3.33. The SMILES string of the molecule is COc1ccccc1OCCN(C)C(=O)CCNC(=O)c1ccc(Br)cc1. The molecule has 0 atom stereocenters. The van der Waals surface area contributed by atoms with Gasteiger partial charge in [0.15, 0.2) is 11.5 Å². The van der Waals surface area contributed by atoms with E-state index in [0.29, 0.717) is 30.2 Å². The summed E-state index contributed by atoms with van der Waals surface area (Å²) in [4.78, 5) is 25.8. The number of ether oxygens (including phenoxy) is 2. The Balaban J connectivity index is 1.69. The summed E-state index contributed by atoms with van der Waals surface area (Å²) < 4.78 is 11.8. The third-order valence-corrected chi connectivity index (χ3v) is 4.44. The lowest BCUT2D eigenvalue weighted by Crippen LogP contribution is -2.34. The number of nitrogens with one attached hydrogen (secondary N) is 1. The molecule has 0 aliphatic rings. The van der Waals surface area contributed by atoms with E-state index in [0.717, 1.165) is 4.47 Å². The standard InChI is InChI=1S/C20H23BrN2O4/c1-23(13-14-27-18-6-4-3-5-17(18)26-2)19(24)11-12-22-20(25)15-7-9-16(21)10-8-15/h3-10H,11-14H2,1-2H3,(H,22,25). The van der Waals surface area contributed by atoms with Gasteiger partial charge < -0.3 is 19.7 Å². The van der Waals surface area contributed by atoms with Crippen LogP contribution >= 0.6 is 15.9 Å². The van der Waals surface area contributed by atoms with E-state index in [1.165, 1.54) is 0 Å². The molecule has 144 valence electrons. The van der Waals surface area contributed by atoms with Gasteiger partial charge >= 0.3 is 0 Å². The minimum Gasteiger partial charge on any atom is -0.493 e. The molecule has 0 fully saturated rings. The van der Waals surface area contributed by atoms with Gasteiger partial charge in [0.25, 0.3) is 5.91 Å². The minimum atomic E-state index is -0.197. The Kier molecular flexibility index (Phi) is 8.13. The van der Waals surface area contributed by atoms with E-state index in [1.54, 1.807) is 43.3 Å². The van der Waals surface area contributed by atoms with Crippen LogP contribution < -0.4 is 14.8 Å². The second-order valence-corrected chi connectivity index (χ2v) is 6.74. The fraction of sp³-hybridized carbons (Fsp3) is 0.300. The molecule has 0 heterocycles. The van der Waals surface area contributed by atoms with Crippen LogP contribution in [-0.2, 0) is 4.79 Å². The van der Waals surface area contributed by atoms with Crippen molar-refractivity contribution in [3.63, 3.8) is 0 Å². The van der Waals surface area contributed by atoms with Crippen LogP contribution in [0.5, 0.6) is 11.5 Å². The Hall–Kier alpha value is -2.54. The molecule has 2 aromatic rings. The molecule has 1 N–H and O–H groups in total. The number of carbonyl (C=O) groups excluding carboxylic acids is 2. The van der Waals surface area contributed by atoms with Crippen molar-refractivity contribution in [3.05, 3.63) is 58.6 Å². The van der Waals surface area contributed by atoms with Crippen molar-refractivity contribution in [2.75, 3.05) is 33.9 Å². The maximum absolute atomic E-state index is 12.2. The van der Waals surface area contributed by atoms with Crippen LogP contribution in [0.15, 0.2) is 53.0 Å².